The topological polar surface area (TPSA) is 95.9 Å². The molecule has 0 aliphatic heterocycles. The predicted octanol–water partition coefficient (Wildman–Crippen LogP) is 26.8. The average Bonchev–Trinajstić information content (AvgIpc) is 3.68. The molecule has 0 aliphatic rings. The number of hydrogen-bond donors (Lipinski definition) is 3. The molecule has 524 valence electrons. The molecule has 2 atom stereocenters. The van der Waals surface area contributed by atoms with E-state index in [1.54, 1.807) is 0 Å². The van der Waals surface area contributed by atoms with Gasteiger partial charge in [0.2, 0.25) is 5.91 Å². The lowest BCUT2D eigenvalue weighted by Crippen LogP contribution is -2.45. The highest BCUT2D eigenvalue weighted by molar-refractivity contribution is 5.76. The summed E-state index contributed by atoms with van der Waals surface area (Å²) in [6.45, 7) is 4.96. The smallest absolute Gasteiger partial charge is 0.305 e. The van der Waals surface area contributed by atoms with Crippen LogP contribution in [0.2, 0.25) is 0 Å². The Morgan fingerprint density at radius 1 is 0.315 bits per heavy atom. The maximum absolute atomic E-state index is 12.5. The van der Waals surface area contributed by atoms with E-state index in [-0.39, 0.29) is 18.5 Å². The summed E-state index contributed by atoms with van der Waals surface area (Å²) in [5.41, 5.74) is 0. The Hall–Kier alpha value is -2.18. The molecule has 0 aliphatic carbocycles. The van der Waals surface area contributed by atoms with Crippen LogP contribution in [0, 0.1) is 0 Å². The predicted molar refractivity (Wildman–Crippen MR) is 393 cm³/mol. The zero-order chi connectivity index (χ0) is 64.2. The Morgan fingerprint density at radius 3 is 0.876 bits per heavy atom. The fourth-order valence-electron chi connectivity index (χ4n) is 12.7. The molecule has 0 aromatic rings. The Morgan fingerprint density at radius 2 is 0.562 bits per heavy atom. The SMILES string of the molecule is CCCCC/C=C\C/C=C\CCCCCCCCCCCC(=O)OCCCCCCCCCCCCCCCCC/C=C\C/C=C\CCCCCCCCCCCCCCCCCCCC(=O)NC(CO)C(O)CCCCCCCCCCCCCCCC. The molecule has 2 unspecified atom stereocenters. The third-order valence-electron chi connectivity index (χ3n) is 18.9. The molecular weight excluding hydrogens is 1090 g/mol. The highest BCUT2D eigenvalue weighted by atomic mass is 16.5. The summed E-state index contributed by atoms with van der Waals surface area (Å²) >= 11 is 0. The molecule has 89 heavy (non-hydrogen) atoms. The van der Waals surface area contributed by atoms with E-state index >= 15 is 0 Å². The van der Waals surface area contributed by atoms with Crippen LogP contribution in [0.4, 0.5) is 0 Å². The maximum atomic E-state index is 12.5. The molecule has 0 heterocycles. The molecule has 0 rings (SSSR count). The van der Waals surface area contributed by atoms with Crippen LogP contribution in [0.25, 0.3) is 0 Å². The van der Waals surface area contributed by atoms with Gasteiger partial charge in [0.1, 0.15) is 0 Å². The maximum Gasteiger partial charge on any atom is 0.305 e. The quantitative estimate of drug-likeness (QED) is 0.0320. The lowest BCUT2D eigenvalue weighted by molar-refractivity contribution is -0.143. The van der Waals surface area contributed by atoms with Crippen molar-refractivity contribution in [1.29, 1.82) is 0 Å². The summed E-state index contributed by atoms with van der Waals surface area (Å²) in [5.74, 6) is -0.0123. The van der Waals surface area contributed by atoms with Gasteiger partial charge in [0.05, 0.1) is 25.4 Å². The van der Waals surface area contributed by atoms with E-state index in [1.165, 1.54) is 353 Å². The average molecular weight is 1250 g/mol. The van der Waals surface area contributed by atoms with Crippen LogP contribution in [0.3, 0.4) is 0 Å². The minimum absolute atomic E-state index is 0.0170. The number of aliphatic hydroxyl groups is 2. The summed E-state index contributed by atoms with van der Waals surface area (Å²) in [7, 11) is 0. The van der Waals surface area contributed by atoms with Crippen molar-refractivity contribution in [3.8, 4) is 0 Å². The first-order valence-corrected chi connectivity index (χ1v) is 40.4. The number of aliphatic hydroxyl groups excluding tert-OH is 2. The van der Waals surface area contributed by atoms with Crippen molar-refractivity contribution in [2.45, 2.75) is 456 Å². The van der Waals surface area contributed by atoms with Gasteiger partial charge in [-0.15, -0.1) is 0 Å². The zero-order valence-corrected chi connectivity index (χ0v) is 60.2. The molecule has 6 nitrogen and oxygen atoms in total. The van der Waals surface area contributed by atoms with Crippen molar-refractivity contribution in [3.05, 3.63) is 48.6 Å². The molecular formula is C83H157NO5. The molecule has 3 N–H and O–H groups in total. The van der Waals surface area contributed by atoms with Crippen LogP contribution in [-0.2, 0) is 14.3 Å². The number of allylic oxidation sites excluding steroid dienone is 8. The minimum atomic E-state index is -0.662. The van der Waals surface area contributed by atoms with Gasteiger partial charge in [-0.3, -0.25) is 9.59 Å². The van der Waals surface area contributed by atoms with Gasteiger partial charge in [0.25, 0.3) is 0 Å². The molecule has 6 heteroatoms. The van der Waals surface area contributed by atoms with Gasteiger partial charge in [-0.25, -0.2) is 0 Å². The Kier molecular flexibility index (Phi) is 76.3. The third-order valence-corrected chi connectivity index (χ3v) is 18.9. The normalized spacial score (nSPS) is 12.7. The molecule has 0 aromatic carbocycles. The van der Waals surface area contributed by atoms with Gasteiger partial charge in [-0.05, 0) is 89.9 Å². The van der Waals surface area contributed by atoms with Crippen molar-refractivity contribution >= 4 is 11.9 Å². The summed E-state index contributed by atoms with van der Waals surface area (Å²) in [6, 6.07) is -0.539. The largest absolute Gasteiger partial charge is 0.466 e. The van der Waals surface area contributed by atoms with Crippen molar-refractivity contribution < 1.29 is 24.5 Å². The molecule has 1 amide bonds. The Balaban J connectivity index is 3.34. The van der Waals surface area contributed by atoms with Crippen LogP contribution < -0.4 is 5.32 Å². The third kappa shape index (κ3) is 74.7. The number of rotatable bonds is 76. The lowest BCUT2D eigenvalue weighted by atomic mass is 10.0. The van der Waals surface area contributed by atoms with E-state index in [1.807, 2.05) is 0 Å². The van der Waals surface area contributed by atoms with E-state index in [0.29, 0.717) is 25.9 Å². The second-order valence-electron chi connectivity index (χ2n) is 27.7. The molecule has 0 bridgehead atoms. The number of amides is 1. The van der Waals surface area contributed by atoms with Crippen LogP contribution in [0.1, 0.15) is 444 Å². The van der Waals surface area contributed by atoms with Gasteiger partial charge >= 0.3 is 5.97 Å². The van der Waals surface area contributed by atoms with E-state index < -0.39 is 12.1 Å². The van der Waals surface area contributed by atoms with Crippen molar-refractivity contribution in [2.24, 2.45) is 0 Å². The molecule has 0 aromatic heterocycles. The summed E-state index contributed by atoms with van der Waals surface area (Å²) < 4.78 is 5.51. The first kappa shape index (κ1) is 86.8. The van der Waals surface area contributed by atoms with Gasteiger partial charge in [0.15, 0.2) is 0 Å². The van der Waals surface area contributed by atoms with Crippen molar-refractivity contribution in [3.63, 3.8) is 0 Å². The number of hydrogen-bond acceptors (Lipinski definition) is 5. The number of unbranched alkanes of at least 4 members (excludes halogenated alkanes) is 57. The number of carbonyl (C=O) groups is 2. The van der Waals surface area contributed by atoms with Crippen molar-refractivity contribution in [1.82, 2.24) is 5.32 Å². The van der Waals surface area contributed by atoms with E-state index in [0.717, 1.165) is 57.8 Å². The molecule has 0 spiro atoms. The van der Waals surface area contributed by atoms with Gasteiger partial charge in [-0.2, -0.15) is 0 Å². The van der Waals surface area contributed by atoms with Crippen LogP contribution in [-0.4, -0.2) is 47.4 Å². The number of carbonyl (C=O) groups excluding carboxylic acids is 2. The first-order valence-electron chi connectivity index (χ1n) is 40.4. The van der Waals surface area contributed by atoms with E-state index in [9.17, 15) is 19.8 Å². The number of ether oxygens (including phenoxy) is 1. The van der Waals surface area contributed by atoms with Gasteiger partial charge < -0.3 is 20.3 Å². The number of esters is 1. The van der Waals surface area contributed by atoms with E-state index in [4.69, 9.17) is 4.74 Å². The Bertz CT molecular complexity index is 1490. The van der Waals surface area contributed by atoms with Crippen LogP contribution in [0.15, 0.2) is 48.6 Å². The second kappa shape index (κ2) is 78.3. The number of nitrogens with one attached hydrogen (secondary N) is 1. The monoisotopic (exact) mass is 1250 g/mol. The fraction of sp³-hybridized carbons (Fsp3) is 0.880. The molecule has 0 radical (unpaired) electrons. The Labute approximate surface area is 556 Å². The summed E-state index contributed by atoms with van der Waals surface area (Å²) in [5, 5.41) is 23.3. The first-order chi connectivity index (χ1) is 44.0. The minimum Gasteiger partial charge on any atom is -0.466 e. The summed E-state index contributed by atoms with van der Waals surface area (Å²) in [4.78, 5) is 24.6. The van der Waals surface area contributed by atoms with Crippen LogP contribution in [0.5, 0.6) is 0 Å². The lowest BCUT2D eigenvalue weighted by Gasteiger charge is -2.22. The van der Waals surface area contributed by atoms with Gasteiger partial charge in [-0.1, -0.05) is 390 Å². The highest BCUT2D eigenvalue weighted by Crippen LogP contribution is 2.20. The molecule has 0 saturated carbocycles. The fourth-order valence-corrected chi connectivity index (χ4v) is 12.7. The zero-order valence-electron chi connectivity index (χ0n) is 60.2. The van der Waals surface area contributed by atoms with Gasteiger partial charge in [0, 0.05) is 12.8 Å². The highest BCUT2D eigenvalue weighted by Gasteiger charge is 2.20. The molecule has 0 saturated heterocycles. The second-order valence-corrected chi connectivity index (χ2v) is 27.7. The van der Waals surface area contributed by atoms with Crippen LogP contribution >= 0.6 is 0 Å². The van der Waals surface area contributed by atoms with E-state index in [2.05, 4.69) is 67.8 Å². The summed E-state index contributed by atoms with van der Waals surface area (Å²) in [6.07, 6.45) is 104. The standard InChI is InChI=1S/C83H157NO5/c1-3-5-7-9-11-13-15-17-19-20-42-46-49-53-57-61-65-69-73-77-83(88)89-78-74-70-66-62-58-54-50-47-44-41-39-37-35-33-31-29-27-25-23-21-22-24-26-28-30-32-34-36-38-40-43-45-48-52-56-60-64-68-72-76-82(87)84-80(79-85)81(86)75-71-67-63-59-55-51-18-16-14-12-10-8-6-4-2/h11,13,17,19,21-22,25,27,80-81,85-86H,3-10,12,14-16,18,20,23-24,26,28-79H2,1-2H3,(H,84,87)/b13-11-,19-17-,22-21-,27-25-. The molecule has 0 fully saturated rings. The van der Waals surface area contributed by atoms with Crippen molar-refractivity contribution in [2.75, 3.05) is 13.2 Å².